The van der Waals surface area contributed by atoms with Crippen LogP contribution in [0.4, 0.5) is 0 Å². The van der Waals surface area contributed by atoms with Crippen molar-refractivity contribution in [2.24, 2.45) is 0 Å². The third-order valence-corrected chi connectivity index (χ3v) is 7.81. The van der Waals surface area contributed by atoms with E-state index in [-0.39, 0.29) is 19.0 Å². The molecule has 3 rings (SSSR count). The Hall–Kier alpha value is -2.03. The number of amides is 1. The van der Waals surface area contributed by atoms with E-state index in [0.29, 0.717) is 29.3 Å². The summed E-state index contributed by atoms with van der Waals surface area (Å²) in [5.41, 5.74) is 3.02. The minimum Gasteiger partial charge on any atom is -0.336 e. The third kappa shape index (κ3) is 4.94. The summed E-state index contributed by atoms with van der Waals surface area (Å²) in [5.74, 6) is 0.278. The quantitative estimate of drug-likeness (QED) is 0.724. The number of hydrogen-bond donors (Lipinski definition) is 0. The Balaban J connectivity index is 1.71. The second kappa shape index (κ2) is 8.77. The highest BCUT2D eigenvalue weighted by Crippen LogP contribution is 2.23. The van der Waals surface area contributed by atoms with Gasteiger partial charge >= 0.3 is 0 Å². The van der Waals surface area contributed by atoms with Gasteiger partial charge in [0.05, 0.1) is 4.90 Å². The van der Waals surface area contributed by atoms with Gasteiger partial charge in [-0.05, 0) is 48.7 Å². The summed E-state index contributed by atoms with van der Waals surface area (Å²) >= 11 is 0. The maximum absolute atomic E-state index is 13.0. The summed E-state index contributed by atoms with van der Waals surface area (Å²) in [6, 6.07) is 12.6. The fourth-order valence-corrected chi connectivity index (χ4v) is 5.85. The Labute approximate surface area is 175 Å². The van der Waals surface area contributed by atoms with Crippen LogP contribution in [0.25, 0.3) is 0 Å². The van der Waals surface area contributed by atoms with Gasteiger partial charge in [0.2, 0.25) is 10.0 Å². The molecule has 1 unspecified atom stereocenters. The summed E-state index contributed by atoms with van der Waals surface area (Å²) in [4.78, 5) is 14.9. The van der Waals surface area contributed by atoms with Crippen molar-refractivity contribution in [2.45, 2.75) is 24.5 Å². The fraction of sp³-hybridized carbons (Fsp3) is 0.381. The molecule has 2 aromatic rings. The monoisotopic (exact) mass is 434 g/mol. The number of hydrogen-bond acceptors (Lipinski definition) is 4. The van der Waals surface area contributed by atoms with Crippen molar-refractivity contribution >= 4 is 26.7 Å². The molecule has 0 radical (unpaired) electrons. The number of nitrogens with zero attached hydrogens (tertiary/aromatic N) is 2. The van der Waals surface area contributed by atoms with Crippen molar-refractivity contribution in [2.75, 3.05) is 32.4 Å². The average molecular weight is 435 g/mol. The lowest BCUT2D eigenvalue weighted by Gasteiger charge is -2.34. The van der Waals surface area contributed by atoms with Crippen LogP contribution in [0.1, 0.15) is 27.0 Å². The third-order valence-electron chi connectivity index (χ3n) is 5.03. The molecule has 8 heteroatoms. The lowest BCUT2D eigenvalue weighted by Crippen LogP contribution is -2.50. The Bertz CT molecular complexity index is 1040. The molecule has 1 amide bonds. The summed E-state index contributed by atoms with van der Waals surface area (Å²) < 4.78 is 39.0. The molecule has 0 spiro atoms. The van der Waals surface area contributed by atoms with Gasteiger partial charge in [0.1, 0.15) is 0 Å². The number of aryl methyl sites for hydroxylation is 2. The second-order valence-electron chi connectivity index (χ2n) is 7.38. The van der Waals surface area contributed by atoms with Crippen LogP contribution >= 0.6 is 0 Å². The normalized spacial score (nSPS) is 16.6. The smallest absolute Gasteiger partial charge is 0.253 e. The summed E-state index contributed by atoms with van der Waals surface area (Å²) in [7, 11) is -4.57. The SMILES string of the molecule is Cc1ccc(C)c(S(=O)(=O)N2CCN(C(=O)c3cccc(CS(C)=O)c3)CC2)c1. The number of sulfonamides is 1. The molecule has 0 aromatic heterocycles. The van der Waals surface area contributed by atoms with E-state index < -0.39 is 20.8 Å². The Morgan fingerprint density at radius 2 is 1.72 bits per heavy atom. The van der Waals surface area contributed by atoms with E-state index in [9.17, 15) is 17.4 Å². The summed E-state index contributed by atoms with van der Waals surface area (Å²) in [5, 5.41) is 0. The first-order chi connectivity index (χ1) is 13.7. The van der Waals surface area contributed by atoms with Crippen molar-refractivity contribution < 1.29 is 17.4 Å². The standard InChI is InChI=1S/C21H26N2O4S2/c1-16-7-8-17(2)20(13-16)29(26,27)23-11-9-22(10-12-23)21(24)19-6-4-5-18(14-19)15-28(3)25/h4-8,13-14H,9-12,15H2,1-3H3. The predicted octanol–water partition coefficient (Wildman–Crippen LogP) is 2.33. The lowest BCUT2D eigenvalue weighted by atomic mass is 10.1. The van der Waals surface area contributed by atoms with Crippen LogP contribution in [-0.2, 0) is 26.6 Å². The maximum Gasteiger partial charge on any atom is 0.253 e. The van der Waals surface area contributed by atoms with Gasteiger partial charge in [0.25, 0.3) is 5.91 Å². The molecular formula is C21H26N2O4S2. The van der Waals surface area contributed by atoms with Crippen LogP contribution in [0.5, 0.6) is 0 Å². The van der Waals surface area contributed by atoms with Crippen molar-refractivity contribution in [3.63, 3.8) is 0 Å². The highest BCUT2D eigenvalue weighted by molar-refractivity contribution is 7.89. The zero-order chi connectivity index (χ0) is 21.2. The van der Waals surface area contributed by atoms with Crippen LogP contribution in [0.15, 0.2) is 47.4 Å². The van der Waals surface area contributed by atoms with E-state index in [1.54, 1.807) is 42.3 Å². The number of carbonyl (C=O) groups excluding carboxylic acids is 1. The van der Waals surface area contributed by atoms with Gasteiger partial charge in [-0.1, -0.05) is 24.3 Å². The van der Waals surface area contributed by atoms with E-state index in [0.717, 1.165) is 16.7 Å². The second-order valence-corrected chi connectivity index (χ2v) is 10.7. The van der Waals surface area contributed by atoms with Crippen LogP contribution in [-0.4, -0.2) is 60.2 Å². The van der Waals surface area contributed by atoms with Gasteiger partial charge in [-0.3, -0.25) is 9.00 Å². The Morgan fingerprint density at radius 1 is 1.03 bits per heavy atom. The molecule has 1 heterocycles. The van der Waals surface area contributed by atoms with Crippen molar-refractivity contribution in [1.82, 2.24) is 9.21 Å². The zero-order valence-electron chi connectivity index (χ0n) is 16.9. The summed E-state index contributed by atoms with van der Waals surface area (Å²) in [6.45, 7) is 4.87. The zero-order valence-corrected chi connectivity index (χ0v) is 18.6. The molecule has 2 aromatic carbocycles. The van der Waals surface area contributed by atoms with Gasteiger partial charge in [-0.25, -0.2) is 8.42 Å². The number of piperazine rings is 1. The highest BCUT2D eigenvalue weighted by Gasteiger charge is 2.31. The van der Waals surface area contributed by atoms with E-state index in [2.05, 4.69) is 0 Å². The first-order valence-electron chi connectivity index (χ1n) is 9.44. The largest absolute Gasteiger partial charge is 0.336 e. The molecule has 29 heavy (non-hydrogen) atoms. The van der Waals surface area contributed by atoms with E-state index >= 15 is 0 Å². The molecule has 1 saturated heterocycles. The first kappa shape index (κ1) is 21.7. The van der Waals surface area contributed by atoms with E-state index in [1.165, 1.54) is 4.31 Å². The number of rotatable bonds is 5. The van der Waals surface area contributed by atoms with Crippen molar-refractivity contribution in [3.8, 4) is 0 Å². The van der Waals surface area contributed by atoms with Crippen LogP contribution in [0, 0.1) is 13.8 Å². The molecule has 156 valence electrons. The molecule has 0 N–H and O–H groups in total. The molecule has 0 bridgehead atoms. The highest BCUT2D eigenvalue weighted by atomic mass is 32.2. The lowest BCUT2D eigenvalue weighted by molar-refractivity contribution is 0.0697. The van der Waals surface area contributed by atoms with Crippen LogP contribution < -0.4 is 0 Å². The molecule has 0 aliphatic carbocycles. The molecular weight excluding hydrogens is 408 g/mol. The van der Waals surface area contributed by atoms with Crippen molar-refractivity contribution in [1.29, 1.82) is 0 Å². The molecule has 0 saturated carbocycles. The minimum absolute atomic E-state index is 0.127. The summed E-state index contributed by atoms with van der Waals surface area (Å²) in [6.07, 6.45) is 1.63. The van der Waals surface area contributed by atoms with E-state index in [1.807, 2.05) is 25.1 Å². The number of benzene rings is 2. The van der Waals surface area contributed by atoms with Crippen LogP contribution in [0.2, 0.25) is 0 Å². The van der Waals surface area contributed by atoms with Crippen molar-refractivity contribution in [3.05, 3.63) is 64.7 Å². The molecule has 1 aliphatic heterocycles. The van der Waals surface area contributed by atoms with Gasteiger partial charge in [-0.15, -0.1) is 0 Å². The molecule has 1 aliphatic rings. The van der Waals surface area contributed by atoms with Gasteiger partial charge in [-0.2, -0.15) is 4.31 Å². The average Bonchev–Trinajstić information content (AvgIpc) is 2.69. The fourth-order valence-electron chi connectivity index (χ4n) is 3.47. The Morgan fingerprint density at radius 3 is 2.38 bits per heavy atom. The minimum atomic E-state index is -3.59. The van der Waals surface area contributed by atoms with Gasteiger partial charge in [0, 0.05) is 54.6 Å². The molecule has 1 fully saturated rings. The maximum atomic E-state index is 13.0. The van der Waals surface area contributed by atoms with Crippen LogP contribution in [0.3, 0.4) is 0 Å². The van der Waals surface area contributed by atoms with E-state index in [4.69, 9.17) is 0 Å². The molecule has 1 atom stereocenters. The first-order valence-corrected chi connectivity index (χ1v) is 12.6. The van der Waals surface area contributed by atoms with Gasteiger partial charge in [0.15, 0.2) is 0 Å². The molecule has 6 nitrogen and oxygen atoms in total. The van der Waals surface area contributed by atoms with Gasteiger partial charge < -0.3 is 4.90 Å². The number of carbonyl (C=O) groups is 1. The topological polar surface area (TPSA) is 74.8 Å². The predicted molar refractivity (Wildman–Crippen MR) is 115 cm³/mol. The Kier molecular flexibility index (Phi) is 6.55.